The molecule has 1 aromatic carbocycles. The molecule has 5 heteroatoms. The van der Waals surface area contributed by atoms with Gasteiger partial charge >= 0.3 is 5.69 Å². The predicted octanol–water partition coefficient (Wildman–Crippen LogP) is 1.47. The van der Waals surface area contributed by atoms with Crippen LogP contribution in [0.15, 0.2) is 18.2 Å². The second-order valence-electron chi connectivity index (χ2n) is 2.70. The van der Waals surface area contributed by atoms with Crippen molar-refractivity contribution in [3.05, 3.63) is 39.7 Å². The normalized spacial score (nSPS) is 9.20. The Kier molecular flexibility index (Phi) is 3.77. The summed E-state index contributed by atoms with van der Waals surface area (Å²) in [6, 6.07) is 3.42. The van der Waals surface area contributed by atoms with Gasteiger partial charge in [0.15, 0.2) is 0 Å². The molecule has 0 bridgehead atoms. The Morgan fingerprint density at radius 2 is 2.27 bits per heavy atom. The van der Waals surface area contributed by atoms with Gasteiger partial charge in [-0.2, -0.15) is 4.39 Å². The fourth-order valence-corrected chi connectivity index (χ4v) is 0.951. The number of rotatable bonds is 2. The monoisotopic (exact) mass is 209 g/mol. The number of nitro benzene ring substituents is 1. The number of nitrogens with zero attached hydrogens (tertiary/aromatic N) is 1. The maximum Gasteiger partial charge on any atom is 0.306 e. The molecule has 0 saturated carbocycles. The molecule has 1 N–H and O–H groups in total. The van der Waals surface area contributed by atoms with Crippen LogP contribution in [0.5, 0.6) is 0 Å². The van der Waals surface area contributed by atoms with Crippen LogP contribution in [0.25, 0.3) is 0 Å². The Hall–Kier alpha value is -1.93. The van der Waals surface area contributed by atoms with E-state index < -0.39 is 16.4 Å². The van der Waals surface area contributed by atoms with Crippen LogP contribution in [0.4, 0.5) is 10.1 Å². The van der Waals surface area contributed by atoms with Gasteiger partial charge in [-0.15, -0.1) is 0 Å². The summed E-state index contributed by atoms with van der Waals surface area (Å²) >= 11 is 0. The van der Waals surface area contributed by atoms with Crippen molar-refractivity contribution in [1.29, 1.82) is 0 Å². The maximum atomic E-state index is 12.9. The third kappa shape index (κ3) is 3.04. The summed E-state index contributed by atoms with van der Waals surface area (Å²) in [6.07, 6.45) is 0.283. The first-order valence-corrected chi connectivity index (χ1v) is 4.19. The molecule has 0 radical (unpaired) electrons. The number of nitro groups is 1. The van der Waals surface area contributed by atoms with Gasteiger partial charge < -0.3 is 5.11 Å². The highest BCUT2D eigenvalue weighted by Crippen LogP contribution is 2.17. The van der Waals surface area contributed by atoms with Crippen LogP contribution in [0.1, 0.15) is 12.0 Å². The summed E-state index contributed by atoms with van der Waals surface area (Å²) in [7, 11) is 0. The molecule has 0 aliphatic rings. The predicted molar refractivity (Wildman–Crippen MR) is 51.6 cm³/mol. The average molecular weight is 209 g/mol. The van der Waals surface area contributed by atoms with E-state index in [0.717, 1.165) is 12.1 Å². The van der Waals surface area contributed by atoms with E-state index in [1.54, 1.807) is 0 Å². The van der Waals surface area contributed by atoms with E-state index in [-0.39, 0.29) is 13.0 Å². The highest BCUT2D eigenvalue weighted by atomic mass is 19.1. The lowest BCUT2D eigenvalue weighted by Crippen LogP contribution is -1.92. The Bertz CT molecular complexity index is 434. The molecular weight excluding hydrogens is 201 g/mol. The highest BCUT2D eigenvalue weighted by Gasteiger charge is 2.13. The van der Waals surface area contributed by atoms with Crippen molar-refractivity contribution in [2.45, 2.75) is 6.42 Å². The summed E-state index contributed by atoms with van der Waals surface area (Å²) in [5.74, 6) is 4.30. The van der Waals surface area contributed by atoms with Crippen molar-refractivity contribution in [3.63, 3.8) is 0 Å². The first-order valence-electron chi connectivity index (χ1n) is 4.19. The van der Waals surface area contributed by atoms with Crippen molar-refractivity contribution in [1.82, 2.24) is 0 Å². The van der Waals surface area contributed by atoms with Crippen LogP contribution in [0, 0.1) is 27.8 Å². The van der Waals surface area contributed by atoms with Crippen molar-refractivity contribution < 1.29 is 14.4 Å². The SMILES string of the molecule is O=[N+]([O-])c1cc(C#CCCO)ccc1F. The van der Waals surface area contributed by atoms with E-state index in [1.165, 1.54) is 6.07 Å². The molecule has 4 nitrogen and oxygen atoms in total. The Morgan fingerprint density at radius 3 is 2.87 bits per heavy atom. The van der Waals surface area contributed by atoms with E-state index >= 15 is 0 Å². The quantitative estimate of drug-likeness (QED) is 0.455. The van der Waals surface area contributed by atoms with Crippen LogP contribution >= 0.6 is 0 Å². The van der Waals surface area contributed by atoms with Gasteiger partial charge in [0.1, 0.15) is 0 Å². The molecule has 0 atom stereocenters. The van der Waals surface area contributed by atoms with Crippen LogP contribution < -0.4 is 0 Å². The van der Waals surface area contributed by atoms with Crippen LogP contribution in [0.2, 0.25) is 0 Å². The second kappa shape index (κ2) is 5.08. The van der Waals surface area contributed by atoms with Crippen molar-refractivity contribution >= 4 is 5.69 Å². The molecule has 1 rings (SSSR count). The van der Waals surface area contributed by atoms with Crippen molar-refractivity contribution in [3.8, 4) is 11.8 Å². The Morgan fingerprint density at radius 1 is 1.53 bits per heavy atom. The van der Waals surface area contributed by atoms with Gasteiger partial charge in [-0.1, -0.05) is 11.8 Å². The summed E-state index contributed by atoms with van der Waals surface area (Å²) in [4.78, 5) is 9.58. The van der Waals surface area contributed by atoms with Gasteiger partial charge in [0.05, 0.1) is 11.5 Å². The molecule has 0 aliphatic heterocycles. The van der Waals surface area contributed by atoms with Gasteiger partial charge in [0.25, 0.3) is 0 Å². The fraction of sp³-hybridized carbons (Fsp3) is 0.200. The van der Waals surface area contributed by atoms with Crippen LogP contribution in [0.3, 0.4) is 0 Å². The van der Waals surface area contributed by atoms with E-state index in [0.29, 0.717) is 5.56 Å². The van der Waals surface area contributed by atoms with Gasteiger partial charge in [-0.3, -0.25) is 10.1 Å². The highest BCUT2D eigenvalue weighted by molar-refractivity contribution is 5.44. The van der Waals surface area contributed by atoms with Gasteiger partial charge in [0.2, 0.25) is 5.82 Å². The first-order chi connectivity index (χ1) is 7.15. The summed E-state index contributed by atoms with van der Waals surface area (Å²) in [5, 5.41) is 18.8. The summed E-state index contributed by atoms with van der Waals surface area (Å²) < 4.78 is 12.9. The zero-order valence-corrected chi connectivity index (χ0v) is 7.74. The van der Waals surface area contributed by atoms with Crippen molar-refractivity contribution in [2.75, 3.05) is 6.61 Å². The minimum Gasteiger partial charge on any atom is -0.395 e. The lowest BCUT2D eigenvalue weighted by molar-refractivity contribution is -0.387. The molecule has 0 aromatic heterocycles. The maximum absolute atomic E-state index is 12.9. The topological polar surface area (TPSA) is 63.4 Å². The number of halogens is 1. The van der Waals surface area contributed by atoms with E-state index in [9.17, 15) is 14.5 Å². The standard InChI is InChI=1S/C10H8FNO3/c11-9-5-4-8(3-1-2-6-13)7-10(9)12(14)15/h4-5,7,13H,2,6H2. The molecule has 0 amide bonds. The molecule has 78 valence electrons. The number of benzene rings is 1. The number of hydrogen-bond donors (Lipinski definition) is 1. The van der Waals surface area contributed by atoms with Crippen LogP contribution in [-0.4, -0.2) is 16.6 Å². The van der Waals surface area contributed by atoms with E-state index in [2.05, 4.69) is 11.8 Å². The summed E-state index contributed by atoms with van der Waals surface area (Å²) in [5.41, 5.74) is -0.234. The molecule has 0 spiro atoms. The minimum absolute atomic E-state index is 0.0731. The second-order valence-corrected chi connectivity index (χ2v) is 2.70. The van der Waals surface area contributed by atoms with Crippen molar-refractivity contribution in [2.24, 2.45) is 0 Å². The molecule has 0 fully saturated rings. The Balaban J connectivity index is 2.99. The lowest BCUT2D eigenvalue weighted by atomic mass is 10.2. The van der Waals surface area contributed by atoms with Crippen LogP contribution in [-0.2, 0) is 0 Å². The fourth-order valence-electron chi connectivity index (χ4n) is 0.951. The number of aliphatic hydroxyl groups is 1. The largest absolute Gasteiger partial charge is 0.395 e. The molecule has 1 aromatic rings. The average Bonchev–Trinajstić information content (AvgIpc) is 2.20. The summed E-state index contributed by atoms with van der Waals surface area (Å²) in [6.45, 7) is -0.0731. The van der Waals surface area contributed by atoms with E-state index in [4.69, 9.17) is 5.11 Å². The van der Waals surface area contributed by atoms with Gasteiger partial charge in [0, 0.05) is 18.1 Å². The molecule has 0 heterocycles. The Labute approximate surface area is 85.5 Å². The zero-order valence-electron chi connectivity index (χ0n) is 7.74. The number of aliphatic hydroxyl groups excluding tert-OH is 1. The van der Waals surface area contributed by atoms with Gasteiger partial charge in [-0.05, 0) is 12.1 Å². The van der Waals surface area contributed by atoms with E-state index in [1.807, 2.05) is 0 Å². The molecule has 0 aliphatic carbocycles. The molecular formula is C10H8FNO3. The third-order valence-electron chi connectivity index (χ3n) is 1.61. The molecule has 15 heavy (non-hydrogen) atoms. The minimum atomic E-state index is -0.882. The smallest absolute Gasteiger partial charge is 0.306 e. The number of hydrogen-bond acceptors (Lipinski definition) is 3. The molecule has 0 unspecified atom stereocenters. The first kappa shape index (κ1) is 11.1. The van der Waals surface area contributed by atoms with Gasteiger partial charge in [-0.25, -0.2) is 0 Å². The third-order valence-corrected chi connectivity index (χ3v) is 1.61. The molecule has 0 saturated heterocycles. The zero-order chi connectivity index (χ0) is 11.3. The lowest BCUT2D eigenvalue weighted by Gasteiger charge is -1.94.